The summed E-state index contributed by atoms with van der Waals surface area (Å²) in [7, 11) is 2.99. The van der Waals surface area contributed by atoms with Crippen molar-refractivity contribution in [1.29, 1.82) is 0 Å². The Bertz CT molecular complexity index is 1210. The molecular formula is C23H24F2N4O4S. The van der Waals surface area contributed by atoms with E-state index in [0.717, 1.165) is 23.5 Å². The van der Waals surface area contributed by atoms with Gasteiger partial charge in [-0.15, -0.1) is 11.3 Å². The fourth-order valence-electron chi connectivity index (χ4n) is 3.21. The van der Waals surface area contributed by atoms with E-state index in [9.17, 15) is 28.6 Å². The third kappa shape index (κ3) is 5.22. The number of aliphatic hydroxyl groups excluding tert-OH is 2. The highest BCUT2D eigenvalue weighted by molar-refractivity contribution is 7.20. The number of pyridine rings is 1. The number of benzene rings is 1. The number of nitrogens with zero attached hydrogens (tertiary/aromatic N) is 2. The Morgan fingerprint density at radius 2 is 1.82 bits per heavy atom. The maximum atomic E-state index is 14.8. The van der Waals surface area contributed by atoms with Crippen molar-refractivity contribution in [3.05, 3.63) is 64.9 Å². The highest BCUT2D eigenvalue weighted by Crippen LogP contribution is 2.40. The van der Waals surface area contributed by atoms with Crippen molar-refractivity contribution < 1.29 is 28.6 Å². The fraction of sp³-hybridized carbons (Fsp3) is 0.261. The van der Waals surface area contributed by atoms with E-state index < -0.39 is 35.7 Å². The van der Waals surface area contributed by atoms with Gasteiger partial charge >= 0.3 is 0 Å². The van der Waals surface area contributed by atoms with Crippen molar-refractivity contribution in [2.45, 2.75) is 25.6 Å². The van der Waals surface area contributed by atoms with Crippen LogP contribution in [0.4, 0.5) is 19.6 Å². The Morgan fingerprint density at radius 1 is 1.18 bits per heavy atom. The topological polar surface area (TPSA) is 129 Å². The molecule has 8 nitrogen and oxygen atoms in total. The van der Waals surface area contributed by atoms with E-state index in [-0.39, 0.29) is 44.5 Å². The van der Waals surface area contributed by atoms with E-state index in [0.29, 0.717) is 0 Å². The van der Waals surface area contributed by atoms with Crippen LogP contribution in [0.25, 0.3) is 10.4 Å². The molecule has 2 heterocycles. The number of rotatable bonds is 8. The lowest BCUT2D eigenvalue weighted by Gasteiger charge is -2.16. The Balaban J connectivity index is 1.99. The van der Waals surface area contributed by atoms with E-state index >= 15 is 0 Å². The molecule has 0 saturated carbocycles. The lowest BCUT2D eigenvalue weighted by atomic mass is 10.0. The summed E-state index contributed by atoms with van der Waals surface area (Å²) in [6.45, 7) is 1.68. The number of hydrogen-bond donors (Lipinski definition) is 4. The molecule has 180 valence electrons. The summed E-state index contributed by atoms with van der Waals surface area (Å²) >= 11 is 0.877. The van der Waals surface area contributed by atoms with Crippen molar-refractivity contribution in [2.24, 2.45) is 5.73 Å². The number of carbonyl (C=O) groups is 2. The van der Waals surface area contributed by atoms with Crippen LogP contribution in [0.5, 0.6) is 0 Å². The first-order chi connectivity index (χ1) is 16.0. The van der Waals surface area contributed by atoms with Crippen LogP contribution in [0.15, 0.2) is 36.4 Å². The van der Waals surface area contributed by atoms with Crippen LogP contribution in [0, 0.1) is 11.6 Å². The minimum absolute atomic E-state index is 0.0198. The van der Waals surface area contributed by atoms with Gasteiger partial charge in [0.15, 0.2) is 6.10 Å². The van der Waals surface area contributed by atoms with Crippen LogP contribution >= 0.6 is 11.3 Å². The molecule has 0 saturated heterocycles. The van der Waals surface area contributed by atoms with E-state index in [2.05, 4.69) is 10.3 Å². The van der Waals surface area contributed by atoms with Gasteiger partial charge in [0.2, 0.25) is 0 Å². The van der Waals surface area contributed by atoms with E-state index in [4.69, 9.17) is 5.73 Å². The molecule has 5 N–H and O–H groups in total. The Morgan fingerprint density at radius 3 is 2.38 bits per heavy atom. The molecule has 0 radical (unpaired) electrons. The van der Waals surface area contributed by atoms with Gasteiger partial charge in [-0.2, -0.15) is 0 Å². The number of aromatic nitrogens is 1. The number of carbonyl (C=O) groups excluding carboxylic acids is 2. The average Bonchev–Trinajstić information content (AvgIpc) is 3.20. The molecule has 0 aliphatic carbocycles. The van der Waals surface area contributed by atoms with Gasteiger partial charge in [-0.1, -0.05) is 13.0 Å². The molecule has 2 atom stereocenters. The first-order valence-electron chi connectivity index (χ1n) is 10.3. The van der Waals surface area contributed by atoms with Crippen LogP contribution in [0.1, 0.15) is 47.2 Å². The second-order valence-corrected chi connectivity index (χ2v) is 8.76. The van der Waals surface area contributed by atoms with Crippen molar-refractivity contribution in [3.8, 4) is 10.4 Å². The van der Waals surface area contributed by atoms with Crippen LogP contribution < -0.4 is 11.1 Å². The van der Waals surface area contributed by atoms with Gasteiger partial charge in [0, 0.05) is 19.0 Å². The number of hydrogen-bond acceptors (Lipinski definition) is 7. The van der Waals surface area contributed by atoms with Gasteiger partial charge < -0.3 is 26.2 Å². The van der Waals surface area contributed by atoms with E-state index in [1.54, 1.807) is 13.0 Å². The molecule has 2 aromatic heterocycles. The van der Waals surface area contributed by atoms with Crippen molar-refractivity contribution >= 4 is 34.0 Å². The zero-order valence-corrected chi connectivity index (χ0v) is 19.5. The first kappa shape index (κ1) is 25.2. The van der Waals surface area contributed by atoms with Gasteiger partial charge in [0.25, 0.3) is 11.8 Å². The smallest absolute Gasteiger partial charge is 0.257 e. The number of halogens is 2. The van der Waals surface area contributed by atoms with Gasteiger partial charge in [0.05, 0.1) is 22.9 Å². The molecule has 1 aromatic carbocycles. The summed E-state index contributed by atoms with van der Waals surface area (Å²) < 4.78 is 29.6. The third-order valence-corrected chi connectivity index (χ3v) is 6.11. The second-order valence-electron chi connectivity index (χ2n) is 7.71. The quantitative estimate of drug-likeness (QED) is 0.383. The second kappa shape index (κ2) is 10.2. The summed E-state index contributed by atoms with van der Waals surface area (Å²) in [4.78, 5) is 29.6. The minimum atomic E-state index is -1.49. The first-order valence-corrected chi connectivity index (χ1v) is 11.1. The summed E-state index contributed by atoms with van der Waals surface area (Å²) in [5.74, 6) is -3.00. The molecule has 0 bridgehead atoms. The molecule has 3 aromatic rings. The number of primary amides is 1. The van der Waals surface area contributed by atoms with Crippen molar-refractivity contribution in [1.82, 2.24) is 9.88 Å². The molecular weight excluding hydrogens is 466 g/mol. The SMILES string of the molecule is CCC(O)c1cc(F)c(-c2cc(C(N)=O)c(Nc3cccc(C(O)C(=O)N(C)C)n3)s2)c(F)c1. The van der Waals surface area contributed by atoms with Crippen LogP contribution in [-0.4, -0.2) is 46.0 Å². The Labute approximate surface area is 198 Å². The maximum Gasteiger partial charge on any atom is 0.257 e. The average molecular weight is 491 g/mol. The monoisotopic (exact) mass is 490 g/mol. The summed E-state index contributed by atoms with van der Waals surface area (Å²) in [6, 6.07) is 7.91. The predicted molar refractivity (Wildman–Crippen MR) is 125 cm³/mol. The molecule has 0 aliphatic heterocycles. The number of nitrogens with two attached hydrogens (primary N) is 1. The maximum absolute atomic E-state index is 14.8. The summed E-state index contributed by atoms with van der Waals surface area (Å²) in [5, 5.41) is 23.2. The zero-order chi connectivity index (χ0) is 25.2. The summed E-state index contributed by atoms with van der Waals surface area (Å²) in [5.41, 5.74) is 5.27. The van der Waals surface area contributed by atoms with Gasteiger partial charge in [-0.05, 0) is 42.3 Å². The fourth-order valence-corrected chi connectivity index (χ4v) is 4.33. The number of thiophene rings is 1. The molecule has 11 heteroatoms. The predicted octanol–water partition coefficient (Wildman–Crippen LogP) is 3.50. The Kier molecular flexibility index (Phi) is 7.60. The number of likely N-dealkylation sites (N-methyl/N-ethyl adjacent to an activating group) is 1. The molecule has 2 unspecified atom stereocenters. The highest BCUT2D eigenvalue weighted by atomic mass is 32.1. The number of nitrogens with one attached hydrogen (secondary N) is 1. The van der Waals surface area contributed by atoms with Crippen molar-refractivity contribution in [2.75, 3.05) is 19.4 Å². The molecule has 2 amide bonds. The van der Waals surface area contributed by atoms with Gasteiger partial charge in [0.1, 0.15) is 22.5 Å². The third-order valence-electron chi connectivity index (χ3n) is 5.05. The Hall–Kier alpha value is -3.41. The largest absolute Gasteiger partial charge is 0.388 e. The lowest BCUT2D eigenvalue weighted by Crippen LogP contribution is -2.28. The molecule has 3 rings (SSSR count). The van der Waals surface area contributed by atoms with Crippen molar-refractivity contribution in [3.63, 3.8) is 0 Å². The standard InChI is InChI=1S/C23H24F2N4O4S/c1-4-16(30)11-8-13(24)19(14(25)9-11)17-10-12(21(26)32)22(34-17)28-18-7-5-6-15(27-18)20(31)23(33)29(2)3/h5-10,16,20,30-31H,4H2,1-3H3,(H2,26,32)(H,27,28). The molecule has 34 heavy (non-hydrogen) atoms. The number of aliphatic hydroxyl groups is 2. The van der Waals surface area contributed by atoms with Crippen LogP contribution in [-0.2, 0) is 4.79 Å². The van der Waals surface area contributed by atoms with Gasteiger partial charge in [-0.3, -0.25) is 9.59 Å². The molecule has 0 spiro atoms. The molecule has 0 aliphatic rings. The molecule has 0 fully saturated rings. The van der Waals surface area contributed by atoms with E-state index in [1.807, 2.05) is 0 Å². The summed E-state index contributed by atoms with van der Waals surface area (Å²) in [6.07, 6.45) is -2.21. The zero-order valence-electron chi connectivity index (χ0n) is 18.7. The van der Waals surface area contributed by atoms with E-state index in [1.165, 1.54) is 37.2 Å². The van der Waals surface area contributed by atoms with Crippen LogP contribution in [0.2, 0.25) is 0 Å². The lowest BCUT2D eigenvalue weighted by molar-refractivity contribution is -0.138. The van der Waals surface area contributed by atoms with Crippen LogP contribution in [0.3, 0.4) is 0 Å². The highest BCUT2D eigenvalue weighted by Gasteiger charge is 2.23. The van der Waals surface area contributed by atoms with Gasteiger partial charge in [-0.25, -0.2) is 13.8 Å². The number of amides is 2. The minimum Gasteiger partial charge on any atom is -0.388 e. The normalized spacial score (nSPS) is 12.8. The number of anilines is 2.